The van der Waals surface area contributed by atoms with Crippen LogP contribution >= 0.6 is 11.3 Å². The van der Waals surface area contributed by atoms with E-state index in [0.717, 1.165) is 13.0 Å². The zero-order chi connectivity index (χ0) is 12.1. The Hall–Kier alpha value is -0.450. The summed E-state index contributed by atoms with van der Waals surface area (Å²) in [5.41, 5.74) is 1.26. The molecule has 0 spiro atoms. The average molecular weight is 253 g/mol. The van der Waals surface area contributed by atoms with Crippen molar-refractivity contribution in [2.75, 3.05) is 33.2 Å². The van der Waals surface area contributed by atoms with Crippen LogP contribution in [0.5, 0.6) is 0 Å². The van der Waals surface area contributed by atoms with E-state index in [0.29, 0.717) is 5.92 Å². The van der Waals surface area contributed by atoms with Crippen LogP contribution < -0.4 is 5.32 Å². The Morgan fingerprint density at radius 3 is 3.24 bits per heavy atom. The van der Waals surface area contributed by atoms with Gasteiger partial charge in [-0.3, -0.25) is 0 Å². The second kappa shape index (κ2) is 6.47. The second-order valence-electron chi connectivity index (χ2n) is 4.76. The Labute approximate surface area is 108 Å². The Morgan fingerprint density at radius 1 is 1.59 bits per heavy atom. The van der Waals surface area contributed by atoms with Crippen LogP contribution in [0.2, 0.25) is 0 Å². The average Bonchev–Trinajstić information content (AvgIpc) is 2.85. The van der Waals surface area contributed by atoms with Crippen molar-refractivity contribution in [2.24, 2.45) is 0 Å². The summed E-state index contributed by atoms with van der Waals surface area (Å²) in [5.74, 6) is 0.678. The minimum absolute atomic E-state index is 0.678. The number of likely N-dealkylation sites (tertiary alicyclic amines) is 1. The van der Waals surface area contributed by atoms with Gasteiger partial charge in [0.25, 0.3) is 0 Å². The number of rotatable bonds is 5. The third-order valence-corrected chi connectivity index (χ3v) is 4.56. The van der Waals surface area contributed by atoms with Gasteiger partial charge in [-0.15, -0.1) is 11.3 Å². The molecule has 0 aromatic carbocycles. The summed E-state index contributed by atoms with van der Waals surface area (Å²) in [5, 5.41) is 6.77. The van der Waals surface area contributed by atoms with Crippen molar-refractivity contribution in [1.29, 1.82) is 0 Å². The van der Waals surface area contributed by atoms with Gasteiger partial charge in [0.15, 0.2) is 0 Å². The molecule has 1 aromatic rings. The molecule has 0 aliphatic carbocycles. The first-order chi connectivity index (χ1) is 8.33. The van der Waals surface area contributed by atoms with Crippen LogP contribution in [-0.2, 0) is 6.42 Å². The molecule has 1 aliphatic heterocycles. The van der Waals surface area contributed by atoms with Gasteiger partial charge in [-0.1, -0.05) is 6.92 Å². The molecule has 3 nitrogen and oxygen atoms in total. The number of likely N-dealkylation sites (N-methyl/N-ethyl adjacent to an activating group) is 2. The molecular weight excluding hydrogens is 230 g/mol. The predicted octanol–water partition coefficient (Wildman–Crippen LogP) is 2.10. The molecule has 0 amide bonds. The van der Waals surface area contributed by atoms with Crippen molar-refractivity contribution in [1.82, 2.24) is 15.2 Å². The lowest BCUT2D eigenvalue weighted by Crippen LogP contribution is -2.34. The molecule has 1 aliphatic rings. The SMILES string of the molecule is CCN1CCCC(c2nc(CCNC)cs2)C1. The highest BCUT2D eigenvalue weighted by Crippen LogP contribution is 2.29. The lowest BCUT2D eigenvalue weighted by Gasteiger charge is -2.30. The number of thiazole rings is 1. The van der Waals surface area contributed by atoms with Crippen molar-refractivity contribution in [3.8, 4) is 0 Å². The molecule has 1 atom stereocenters. The first kappa shape index (κ1) is 13.0. The van der Waals surface area contributed by atoms with E-state index < -0.39 is 0 Å². The molecule has 1 saturated heterocycles. The van der Waals surface area contributed by atoms with Gasteiger partial charge in [0.2, 0.25) is 0 Å². The van der Waals surface area contributed by atoms with Crippen LogP contribution in [0.4, 0.5) is 0 Å². The first-order valence-corrected chi connectivity index (χ1v) is 7.52. The maximum atomic E-state index is 4.79. The monoisotopic (exact) mass is 253 g/mol. The van der Waals surface area contributed by atoms with E-state index >= 15 is 0 Å². The molecule has 0 bridgehead atoms. The van der Waals surface area contributed by atoms with E-state index in [2.05, 4.69) is 22.5 Å². The van der Waals surface area contributed by atoms with Crippen LogP contribution in [0, 0.1) is 0 Å². The molecular formula is C13H23N3S. The van der Waals surface area contributed by atoms with Gasteiger partial charge >= 0.3 is 0 Å². The van der Waals surface area contributed by atoms with Gasteiger partial charge in [0, 0.05) is 30.8 Å². The molecule has 4 heteroatoms. The van der Waals surface area contributed by atoms with Crippen LogP contribution in [0.1, 0.15) is 36.4 Å². The Balaban J connectivity index is 1.94. The van der Waals surface area contributed by atoms with Gasteiger partial charge in [-0.2, -0.15) is 0 Å². The van der Waals surface area contributed by atoms with E-state index in [1.54, 1.807) is 0 Å². The molecule has 1 N–H and O–H groups in total. The lowest BCUT2D eigenvalue weighted by atomic mass is 9.99. The number of aromatic nitrogens is 1. The largest absolute Gasteiger partial charge is 0.319 e. The smallest absolute Gasteiger partial charge is 0.0972 e. The summed E-state index contributed by atoms with van der Waals surface area (Å²) >= 11 is 1.85. The van der Waals surface area contributed by atoms with E-state index in [-0.39, 0.29) is 0 Å². The van der Waals surface area contributed by atoms with Crippen molar-refractivity contribution in [2.45, 2.75) is 32.1 Å². The van der Waals surface area contributed by atoms with E-state index in [4.69, 9.17) is 4.98 Å². The topological polar surface area (TPSA) is 28.2 Å². The van der Waals surface area contributed by atoms with Crippen LogP contribution in [0.3, 0.4) is 0 Å². The Kier molecular flexibility index (Phi) is 4.95. The second-order valence-corrected chi connectivity index (χ2v) is 5.65. The van der Waals surface area contributed by atoms with Crippen LogP contribution in [0.25, 0.3) is 0 Å². The molecule has 0 radical (unpaired) electrons. The fourth-order valence-corrected chi connectivity index (χ4v) is 3.40. The van der Waals surface area contributed by atoms with Gasteiger partial charge in [-0.25, -0.2) is 4.98 Å². The standard InChI is InChI=1S/C13H23N3S/c1-3-16-8-4-5-11(9-16)13-15-12(10-17-13)6-7-14-2/h10-11,14H,3-9H2,1-2H3. The zero-order valence-electron chi connectivity index (χ0n) is 10.9. The zero-order valence-corrected chi connectivity index (χ0v) is 11.7. The number of piperidine rings is 1. The van der Waals surface area contributed by atoms with E-state index in [1.165, 1.54) is 43.2 Å². The summed E-state index contributed by atoms with van der Waals surface area (Å²) < 4.78 is 0. The molecule has 0 saturated carbocycles. The first-order valence-electron chi connectivity index (χ1n) is 6.64. The number of nitrogens with one attached hydrogen (secondary N) is 1. The molecule has 96 valence electrons. The molecule has 2 heterocycles. The third kappa shape index (κ3) is 3.50. The van der Waals surface area contributed by atoms with Crippen molar-refractivity contribution >= 4 is 11.3 Å². The summed E-state index contributed by atoms with van der Waals surface area (Å²) in [4.78, 5) is 7.34. The minimum Gasteiger partial charge on any atom is -0.319 e. The van der Waals surface area contributed by atoms with Crippen LogP contribution in [-0.4, -0.2) is 43.1 Å². The normalized spacial score (nSPS) is 21.9. The maximum Gasteiger partial charge on any atom is 0.0972 e. The van der Waals surface area contributed by atoms with Gasteiger partial charge in [0.05, 0.1) is 10.7 Å². The highest BCUT2D eigenvalue weighted by atomic mass is 32.1. The molecule has 1 aromatic heterocycles. The molecule has 17 heavy (non-hydrogen) atoms. The highest BCUT2D eigenvalue weighted by molar-refractivity contribution is 7.09. The van der Waals surface area contributed by atoms with Crippen molar-refractivity contribution < 1.29 is 0 Å². The predicted molar refractivity (Wildman–Crippen MR) is 73.8 cm³/mol. The lowest BCUT2D eigenvalue weighted by molar-refractivity contribution is 0.217. The van der Waals surface area contributed by atoms with Gasteiger partial charge < -0.3 is 10.2 Å². The maximum absolute atomic E-state index is 4.79. The van der Waals surface area contributed by atoms with Crippen molar-refractivity contribution in [3.05, 3.63) is 16.1 Å². The van der Waals surface area contributed by atoms with Gasteiger partial charge in [-0.05, 0) is 33.0 Å². The Bertz CT molecular complexity index is 337. The van der Waals surface area contributed by atoms with Gasteiger partial charge in [0.1, 0.15) is 0 Å². The summed E-state index contributed by atoms with van der Waals surface area (Å²) in [6, 6.07) is 0. The summed E-state index contributed by atoms with van der Waals surface area (Å²) in [6.45, 7) is 6.92. The molecule has 1 unspecified atom stereocenters. The summed E-state index contributed by atoms with van der Waals surface area (Å²) in [6.07, 6.45) is 3.69. The van der Waals surface area contributed by atoms with Crippen LogP contribution in [0.15, 0.2) is 5.38 Å². The molecule has 2 rings (SSSR count). The third-order valence-electron chi connectivity index (χ3n) is 3.50. The van der Waals surface area contributed by atoms with E-state index in [1.807, 2.05) is 18.4 Å². The van der Waals surface area contributed by atoms with E-state index in [9.17, 15) is 0 Å². The number of nitrogens with zero attached hydrogens (tertiary/aromatic N) is 2. The highest BCUT2D eigenvalue weighted by Gasteiger charge is 2.22. The van der Waals surface area contributed by atoms with Crippen molar-refractivity contribution in [3.63, 3.8) is 0 Å². The fraction of sp³-hybridized carbons (Fsp3) is 0.769. The Morgan fingerprint density at radius 2 is 2.47 bits per heavy atom. The number of hydrogen-bond donors (Lipinski definition) is 1. The minimum atomic E-state index is 0.678. The number of hydrogen-bond acceptors (Lipinski definition) is 4. The molecule has 1 fully saturated rings. The quantitative estimate of drug-likeness (QED) is 0.871. The fourth-order valence-electron chi connectivity index (χ4n) is 2.42. The summed E-state index contributed by atoms with van der Waals surface area (Å²) in [7, 11) is 1.99.